The van der Waals surface area contributed by atoms with E-state index in [-0.39, 0.29) is 11.4 Å². The molecule has 0 saturated carbocycles. The van der Waals surface area contributed by atoms with Gasteiger partial charge in [-0.05, 0) is 36.8 Å². The molecule has 2 rings (SSSR count). The summed E-state index contributed by atoms with van der Waals surface area (Å²) in [6, 6.07) is 0. The van der Waals surface area contributed by atoms with Crippen molar-refractivity contribution >= 4 is 17.8 Å². The van der Waals surface area contributed by atoms with Crippen LogP contribution < -0.4 is 5.43 Å². The molecule has 3 N–H and O–H groups in total. The minimum atomic E-state index is -1.24. The predicted octanol–water partition coefficient (Wildman–Crippen LogP) is 0.853. The Hall–Kier alpha value is -2.31. The van der Waals surface area contributed by atoms with Crippen molar-refractivity contribution in [2.24, 2.45) is 0 Å². The van der Waals surface area contributed by atoms with Gasteiger partial charge in [-0.25, -0.2) is 14.3 Å². The molecule has 7 heteroatoms. The van der Waals surface area contributed by atoms with Gasteiger partial charge in [0.25, 0.3) is 0 Å². The Morgan fingerprint density at radius 1 is 1.00 bits per heavy atom. The number of carboxylic acid groups (broad SMARTS) is 2. The fraction of sp³-hybridized carbons (Fsp3) is 0.417. The second kappa shape index (κ2) is 4.75. The number of nitrogens with one attached hydrogen (secondary N) is 1. The van der Waals surface area contributed by atoms with Gasteiger partial charge in [-0.15, -0.1) is 0 Å². The molecule has 1 aliphatic rings. The van der Waals surface area contributed by atoms with Crippen molar-refractivity contribution in [3.8, 4) is 0 Å². The minimum absolute atomic E-state index is 0.151. The highest BCUT2D eigenvalue weighted by atomic mass is 16.4. The van der Waals surface area contributed by atoms with Crippen LogP contribution in [0.3, 0.4) is 0 Å². The summed E-state index contributed by atoms with van der Waals surface area (Å²) < 4.78 is 0.892. The van der Waals surface area contributed by atoms with Crippen molar-refractivity contribution < 1.29 is 24.6 Å². The lowest BCUT2D eigenvalue weighted by molar-refractivity contribution is -0.115. The zero-order valence-electron chi connectivity index (χ0n) is 10.4. The molecular weight excluding hydrogens is 252 g/mol. The minimum Gasteiger partial charge on any atom is -0.477 e. The van der Waals surface area contributed by atoms with Crippen molar-refractivity contribution in [2.75, 3.05) is 5.43 Å². The van der Waals surface area contributed by atoms with Gasteiger partial charge < -0.3 is 10.2 Å². The van der Waals surface area contributed by atoms with Gasteiger partial charge in [0.2, 0.25) is 5.91 Å². The van der Waals surface area contributed by atoms with E-state index in [1.54, 1.807) is 0 Å². The zero-order chi connectivity index (χ0) is 14.2. The van der Waals surface area contributed by atoms with Gasteiger partial charge in [-0.2, -0.15) is 0 Å². The van der Waals surface area contributed by atoms with E-state index in [0.29, 0.717) is 24.0 Å². The number of hydrogen-bond donors (Lipinski definition) is 3. The van der Waals surface area contributed by atoms with E-state index in [0.717, 1.165) is 17.5 Å². The van der Waals surface area contributed by atoms with Crippen LogP contribution in [0.15, 0.2) is 0 Å². The van der Waals surface area contributed by atoms with Gasteiger partial charge in [0.05, 0.1) is 0 Å². The van der Waals surface area contributed by atoms with Gasteiger partial charge >= 0.3 is 11.9 Å². The largest absolute Gasteiger partial charge is 0.477 e. The summed E-state index contributed by atoms with van der Waals surface area (Å²) in [5.74, 6) is -2.99. The number of nitrogens with zero attached hydrogens (tertiary/aromatic N) is 1. The lowest BCUT2D eigenvalue weighted by atomic mass is 9.92. The number of aromatic nitrogens is 1. The highest BCUT2D eigenvalue weighted by Gasteiger charge is 2.31. The first-order chi connectivity index (χ1) is 8.93. The average molecular weight is 266 g/mol. The third-order valence-electron chi connectivity index (χ3n) is 3.16. The normalized spacial score (nSPS) is 13.7. The Kier molecular flexibility index (Phi) is 3.28. The zero-order valence-corrected chi connectivity index (χ0v) is 10.4. The number of hydrogen-bond acceptors (Lipinski definition) is 3. The van der Waals surface area contributed by atoms with Crippen LogP contribution in [0, 0.1) is 0 Å². The number of rotatable bonds is 3. The fourth-order valence-corrected chi connectivity index (χ4v) is 2.53. The summed E-state index contributed by atoms with van der Waals surface area (Å²) in [5, 5.41) is 18.5. The van der Waals surface area contributed by atoms with Gasteiger partial charge in [-0.1, -0.05) is 0 Å². The van der Waals surface area contributed by atoms with Crippen LogP contribution in [0.5, 0.6) is 0 Å². The van der Waals surface area contributed by atoms with Gasteiger partial charge in [-0.3, -0.25) is 10.2 Å². The lowest BCUT2D eigenvalue weighted by Crippen LogP contribution is -2.27. The average Bonchev–Trinajstić information content (AvgIpc) is 2.61. The van der Waals surface area contributed by atoms with E-state index in [2.05, 4.69) is 5.43 Å². The molecule has 0 aromatic carbocycles. The highest BCUT2D eigenvalue weighted by Crippen LogP contribution is 2.30. The highest BCUT2D eigenvalue weighted by molar-refractivity contribution is 5.97. The predicted molar refractivity (Wildman–Crippen MR) is 65.0 cm³/mol. The van der Waals surface area contributed by atoms with Crippen molar-refractivity contribution in [2.45, 2.75) is 32.6 Å². The smallest absolute Gasteiger partial charge is 0.354 e. The van der Waals surface area contributed by atoms with E-state index in [1.807, 2.05) is 0 Å². The first-order valence-corrected chi connectivity index (χ1v) is 5.94. The van der Waals surface area contributed by atoms with Gasteiger partial charge in [0, 0.05) is 6.92 Å². The lowest BCUT2D eigenvalue weighted by Gasteiger charge is -2.11. The summed E-state index contributed by atoms with van der Waals surface area (Å²) in [7, 11) is 0. The molecule has 7 nitrogen and oxygen atoms in total. The van der Waals surface area contributed by atoms with Crippen LogP contribution in [0.4, 0.5) is 0 Å². The number of amides is 1. The van der Waals surface area contributed by atoms with Crippen molar-refractivity contribution in [1.29, 1.82) is 0 Å². The summed E-state index contributed by atoms with van der Waals surface area (Å²) in [6.07, 6.45) is 2.67. The summed E-state index contributed by atoms with van der Waals surface area (Å²) >= 11 is 0. The van der Waals surface area contributed by atoms with Crippen molar-refractivity contribution in [3.63, 3.8) is 0 Å². The van der Waals surface area contributed by atoms with E-state index in [4.69, 9.17) is 0 Å². The molecule has 19 heavy (non-hydrogen) atoms. The molecule has 1 heterocycles. The van der Waals surface area contributed by atoms with Crippen LogP contribution in [0.2, 0.25) is 0 Å². The van der Waals surface area contributed by atoms with E-state index >= 15 is 0 Å². The molecule has 0 bridgehead atoms. The molecule has 0 spiro atoms. The molecule has 1 aromatic rings. The van der Waals surface area contributed by atoms with E-state index in [1.165, 1.54) is 6.92 Å². The van der Waals surface area contributed by atoms with Crippen LogP contribution in [0.25, 0.3) is 0 Å². The molecule has 0 aliphatic heterocycles. The monoisotopic (exact) mass is 266 g/mol. The summed E-state index contributed by atoms with van der Waals surface area (Å²) in [4.78, 5) is 33.8. The first kappa shape index (κ1) is 13.1. The molecular formula is C12H14N2O5. The third-order valence-corrected chi connectivity index (χ3v) is 3.16. The second-order valence-corrected chi connectivity index (χ2v) is 4.48. The quantitative estimate of drug-likeness (QED) is 0.751. The molecule has 102 valence electrons. The Labute approximate surface area is 108 Å². The number of carbonyl (C=O) groups excluding carboxylic acids is 1. The maximum atomic E-state index is 11.3. The van der Waals surface area contributed by atoms with Gasteiger partial charge in [0.1, 0.15) is 0 Å². The SMILES string of the molecule is CC(=O)Nn1c(C(=O)O)c2c(c1C(=O)O)CCCC2. The first-order valence-electron chi connectivity index (χ1n) is 5.94. The number of aromatic carboxylic acids is 2. The van der Waals surface area contributed by atoms with Crippen LogP contribution in [-0.2, 0) is 17.6 Å². The standard InChI is InChI=1S/C12H14N2O5/c1-6(15)13-14-9(11(16)17)7-4-2-3-5-8(7)10(14)12(18)19/h2-5H2,1H3,(H,13,15)(H,16,17)(H,18,19). The Bertz CT molecular complexity index is 532. The molecule has 1 amide bonds. The maximum absolute atomic E-state index is 11.3. The van der Waals surface area contributed by atoms with Crippen molar-refractivity contribution in [1.82, 2.24) is 4.68 Å². The number of carbonyl (C=O) groups is 3. The number of fused-ring (bicyclic) bond motifs is 1. The van der Waals surface area contributed by atoms with Crippen LogP contribution >= 0.6 is 0 Å². The molecule has 0 fully saturated rings. The van der Waals surface area contributed by atoms with Crippen LogP contribution in [0.1, 0.15) is 51.9 Å². The topological polar surface area (TPSA) is 109 Å². The fourth-order valence-electron chi connectivity index (χ4n) is 2.53. The molecule has 1 aliphatic carbocycles. The second-order valence-electron chi connectivity index (χ2n) is 4.48. The Balaban J connectivity index is 2.72. The van der Waals surface area contributed by atoms with Crippen LogP contribution in [-0.4, -0.2) is 32.7 Å². The summed E-state index contributed by atoms with van der Waals surface area (Å²) in [5.41, 5.74) is 3.01. The molecule has 0 unspecified atom stereocenters. The maximum Gasteiger partial charge on any atom is 0.354 e. The number of carboxylic acids is 2. The molecule has 0 saturated heterocycles. The molecule has 0 radical (unpaired) electrons. The summed E-state index contributed by atoms with van der Waals surface area (Å²) in [6.45, 7) is 1.20. The molecule has 0 atom stereocenters. The van der Waals surface area contributed by atoms with E-state index in [9.17, 15) is 24.6 Å². The Morgan fingerprint density at radius 3 is 1.74 bits per heavy atom. The van der Waals surface area contributed by atoms with Crippen molar-refractivity contribution in [3.05, 3.63) is 22.5 Å². The third kappa shape index (κ3) is 2.18. The van der Waals surface area contributed by atoms with Gasteiger partial charge in [0.15, 0.2) is 11.4 Å². The molecule has 1 aromatic heterocycles. The van der Waals surface area contributed by atoms with E-state index < -0.39 is 17.8 Å². The Morgan fingerprint density at radius 2 is 1.42 bits per heavy atom.